The van der Waals surface area contributed by atoms with Gasteiger partial charge in [-0.3, -0.25) is 4.98 Å². The van der Waals surface area contributed by atoms with Gasteiger partial charge in [0.1, 0.15) is 0 Å². The summed E-state index contributed by atoms with van der Waals surface area (Å²) in [5.74, 6) is 2.09. The van der Waals surface area contributed by atoms with Gasteiger partial charge in [0.2, 0.25) is 5.89 Å². The van der Waals surface area contributed by atoms with Crippen LogP contribution >= 0.6 is 0 Å². The van der Waals surface area contributed by atoms with Crippen LogP contribution in [0.3, 0.4) is 0 Å². The number of imidazole rings is 1. The molecule has 0 unspecified atom stereocenters. The summed E-state index contributed by atoms with van der Waals surface area (Å²) in [5.41, 5.74) is 14.0. The summed E-state index contributed by atoms with van der Waals surface area (Å²) in [4.78, 5) is 14.3. The topological polar surface area (TPSA) is 56.7 Å². The van der Waals surface area contributed by atoms with E-state index in [1.54, 1.807) is 12.1 Å². The van der Waals surface area contributed by atoms with Crippen molar-refractivity contribution in [3.8, 4) is 50.9 Å². The first-order valence-corrected chi connectivity index (χ1v) is 19.0. The molecule has 0 aliphatic rings. The number of hydrogen-bond acceptors (Lipinski definition) is 4. The van der Waals surface area contributed by atoms with Gasteiger partial charge >= 0.3 is 0 Å². The minimum absolute atomic E-state index is 0. The van der Waals surface area contributed by atoms with Gasteiger partial charge in [-0.25, -0.2) is 4.98 Å². The number of fused-ring (bicyclic) bond motifs is 2. The molecule has 5 nitrogen and oxygen atoms in total. The number of hydrogen-bond donors (Lipinski definition) is 0. The Morgan fingerprint density at radius 1 is 0.684 bits per heavy atom. The first kappa shape index (κ1) is 35.5. The predicted molar refractivity (Wildman–Crippen MR) is 230 cm³/mol. The first-order chi connectivity index (χ1) is 28.5. The van der Waals surface area contributed by atoms with E-state index in [-0.39, 0.29) is 25.7 Å². The standard InChI is InChI=1S/C38H32N3O.C13H12N.Ir/c1-24(2)29-18-13-19-30(25(3)4)35(29)41-34-21-12-11-20-32(34)39-37(41)28-22-31(26-14-7-5-8-15-26)36-33(23-28)40-38(42-36)27-16-9-6-10-17-27;1-10-3-6-12(7-4-10)13-8-5-11(2)9-14-13;/h5-22,24-25H,1-4H3;3-6,8-9H,1-2H3;/q2*-1;/i;2D3;. The second-order valence-corrected chi connectivity index (χ2v) is 14.6. The third-order valence-electron chi connectivity index (χ3n) is 9.89. The number of pyridine rings is 1. The molecule has 0 bridgehead atoms. The largest absolute Gasteiger partial charge is 0.484 e. The van der Waals surface area contributed by atoms with Crippen molar-refractivity contribution >= 4 is 22.1 Å². The molecule has 0 spiro atoms. The summed E-state index contributed by atoms with van der Waals surface area (Å²) in [6.07, 6.45) is 1.40. The Kier molecular flexibility index (Phi) is 10.6. The van der Waals surface area contributed by atoms with Crippen molar-refractivity contribution in [3.63, 3.8) is 0 Å². The van der Waals surface area contributed by atoms with Gasteiger partial charge in [-0.1, -0.05) is 131 Å². The Hall–Kier alpha value is -5.94. The van der Waals surface area contributed by atoms with E-state index in [1.807, 2.05) is 67.6 Å². The maximum absolute atomic E-state index is 7.26. The van der Waals surface area contributed by atoms with E-state index in [9.17, 15) is 0 Å². The average molecular weight is 924 g/mol. The molecular formula is C51H44IrN4O-2. The quantitative estimate of drug-likeness (QED) is 0.149. The van der Waals surface area contributed by atoms with Crippen molar-refractivity contribution in [1.82, 2.24) is 19.5 Å². The number of para-hydroxylation sites is 3. The van der Waals surface area contributed by atoms with E-state index >= 15 is 0 Å². The van der Waals surface area contributed by atoms with Crippen molar-refractivity contribution in [2.75, 3.05) is 0 Å². The van der Waals surface area contributed by atoms with E-state index in [0.717, 1.165) is 61.5 Å². The first-order valence-electron chi connectivity index (χ1n) is 20.5. The maximum atomic E-state index is 7.26. The molecule has 0 saturated heterocycles. The number of aryl methyl sites for hydroxylation is 2. The molecule has 285 valence electrons. The van der Waals surface area contributed by atoms with Crippen LogP contribution in [0.5, 0.6) is 0 Å². The monoisotopic (exact) mass is 924 g/mol. The fourth-order valence-corrected chi connectivity index (χ4v) is 7.04. The summed E-state index contributed by atoms with van der Waals surface area (Å²) in [6, 6.07) is 53.4. The van der Waals surface area contributed by atoms with E-state index in [4.69, 9.17) is 18.5 Å². The van der Waals surface area contributed by atoms with Gasteiger partial charge in [0.25, 0.3) is 0 Å². The van der Waals surface area contributed by atoms with Crippen molar-refractivity contribution in [2.45, 2.75) is 53.3 Å². The summed E-state index contributed by atoms with van der Waals surface area (Å²) in [5, 5.41) is 0. The Morgan fingerprint density at radius 3 is 1.98 bits per heavy atom. The minimum Gasteiger partial charge on any atom is -0.484 e. The molecule has 6 aromatic carbocycles. The molecule has 0 atom stereocenters. The van der Waals surface area contributed by atoms with Crippen molar-refractivity contribution in [2.24, 2.45) is 0 Å². The van der Waals surface area contributed by atoms with Crippen LogP contribution < -0.4 is 0 Å². The average Bonchev–Trinajstić information content (AvgIpc) is 3.86. The molecule has 9 rings (SSSR count). The van der Waals surface area contributed by atoms with Crippen LogP contribution in [0.4, 0.5) is 0 Å². The number of oxazole rings is 1. The molecule has 0 saturated carbocycles. The van der Waals surface area contributed by atoms with Crippen LogP contribution in [0.15, 0.2) is 150 Å². The van der Waals surface area contributed by atoms with Gasteiger partial charge in [0, 0.05) is 47.2 Å². The van der Waals surface area contributed by atoms with Gasteiger partial charge < -0.3 is 14.0 Å². The summed E-state index contributed by atoms with van der Waals surface area (Å²) in [6.45, 7) is 8.93. The number of benzene rings is 6. The maximum Gasteiger partial charge on any atom is 0.216 e. The molecule has 1 radical (unpaired) electrons. The fraction of sp³-hybridized carbons (Fsp3) is 0.157. The molecular weight excluding hydrogens is 877 g/mol. The molecule has 0 aliphatic heterocycles. The number of nitrogens with zero attached hydrogens (tertiary/aromatic N) is 4. The molecule has 3 aromatic heterocycles. The van der Waals surface area contributed by atoms with Crippen LogP contribution in [0, 0.1) is 25.9 Å². The van der Waals surface area contributed by atoms with Crippen molar-refractivity contribution < 1.29 is 28.6 Å². The van der Waals surface area contributed by atoms with Gasteiger partial charge in [-0.2, -0.15) is 0 Å². The van der Waals surface area contributed by atoms with Gasteiger partial charge in [0.05, 0.1) is 22.4 Å². The molecule has 0 fully saturated rings. The Balaban J connectivity index is 0.000000255. The van der Waals surface area contributed by atoms with Crippen LogP contribution in [-0.2, 0) is 20.1 Å². The van der Waals surface area contributed by atoms with Crippen molar-refractivity contribution in [1.29, 1.82) is 0 Å². The zero-order chi connectivity index (χ0) is 41.3. The van der Waals surface area contributed by atoms with Crippen LogP contribution in [-0.4, -0.2) is 19.5 Å². The summed E-state index contributed by atoms with van der Waals surface area (Å²) in [7, 11) is 0. The van der Waals surface area contributed by atoms with Crippen LogP contribution in [0.1, 0.15) is 65.9 Å². The summed E-state index contributed by atoms with van der Waals surface area (Å²) < 4.78 is 30.6. The number of rotatable bonds is 7. The van der Waals surface area contributed by atoms with E-state index in [1.165, 1.54) is 23.0 Å². The molecule has 57 heavy (non-hydrogen) atoms. The van der Waals surface area contributed by atoms with Gasteiger partial charge in [-0.05, 0) is 70.9 Å². The second-order valence-electron chi connectivity index (χ2n) is 14.6. The third kappa shape index (κ3) is 8.16. The Labute approximate surface area is 353 Å². The Bertz CT molecular complexity index is 2840. The molecule has 3 heterocycles. The molecule has 0 aliphatic carbocycles. The molecule has 0 amide bonds. The fourth-order valence-electron chi connectivity index (χ4n) is 7.04. The number of aromatic nitrogens is 4. The van der Waals surface area contributed by atoms with Gasteiger partial charge in [0.15, 0.2) is 0 Å². The second kappa shape index (κ2) is 17.1. The van der Waals surface area contributed by atoms with Crippen LogP contribution in [0.2, 0.25) is 0 Å². The van der Waals surface area contributed by atoms with E-state index < -0.39 is 6.85 Å². The predicted octanol–water partition coefficient (Wildman–Crippen LogP) is 13.4. The zero-order valence-electron chi connectivity index (χ0n) is 35.5. The minimum atomic E-state index is -2.09. The van der Waals surface area contributed by atoms with Crippen molar-refractivity contribution in [3.05, 3.63) is 180 Å². The Morgan fingerprint density at radius 2 is 1.35 bits per heavy atom. The smallest absolute Gasteiger partial charge is 0.216 e. The third-order valence-corrected chi connectivity index (χ3v) is 9.89. The van der Waals surface area contributed by atoms with E-state index in [2.05, 4.69) is 116 Å². The molecule has 0 N–H and O–H groups in total. The van der Waals surface area contributed by atoms with Gasteiger partial charge in [-0.15, -0.1) is 53.1 Å². The molecule has 6 heteroatoms. The SMILES string of the molecule is CC(C)c1cccc(C(C)C)c1-n1c(-c2[c-]c3nc(-c4ccccc4)oc3c(-c3ccccc3)c2)nc2ccccc21.[2H]C([2H])([2H])c1ccc(-c2[c-]cc(C)cc2)nc1.[Ir]. The zero-order valence-corrected chi connectivity index (χ0v) is 34.9. The van der Waals surface area contributed by atoms with Crippen LogP contribution in [0.25, 0.3) is 73.0 Å². The summed E-state index contributed by atoms with van der Waals surface area (Å²) >= 11 is 0. The normalized spacial score (nSPS) is 12.2. The molecule has 9 aromatic rings. The van der Waals surface area contributed by atoms with E-state index in [0.29, 0.717) is 23.2 Å².